The van der Waals surface area contributed by atoms with Gasteiger partial charge in [-0.2, -0.15) is 0 Å². The molecule has 0 saturated heterocycles. The molecule has 0 saturated carbocycles. The Morgan fingerprint density at radius 2 is 1.70 bits per heavy atom. The molecule has 192 valence electrons. The van der Waals surface area contributed by atoms with Crippen molar-refractivity contribution in [2.24, 2.45) is 0 Å². The van der Waals surface area contributed by atoms with Gasteiger partial charge in [0.1, 0.15) is 36.1 Å². The maximum atomic E-state index is 11.9. The lowest BCUT2D eigenvalue weighted by Gasteiger charge is -2.10. The van der Waals surface area contributed by atoms with Crippen molar-refractivity contribution in [2.45, 2.75) is 33.0 Å². The lowest BCUT2D eigenvalue weighted by molar-refractivity contribution is -0.142. The third-order valence-electron chi connectivity index (χ3n) is 5.54. The summed E-state index contributed by atoms with van der Waals surface area (Å²) in [7, 11) is 1.37. The van der Waals surface area contributed by atoms with E-state index < -0.39 is 0 Å². The minimum atomic E-state index is -0.292. The Kier molecular flexibility index (Phi) is 9.05. The zero-order chi connectivity index (χ0) is 26.2. The van der Waals surface area contributed by atoms with Crippen molar-refractivity contribution in [1.82, 2.24) is 0 Å². The van der Waals surface area contributed by atoms with Crippen LogP contribution in [0.25, 0.3) is 11.0 Å². The number of para-hydroxylation sites is 1. The van der Waals surface area contributed by atoms with Crippen molar-refractivity contribution in [3.05, 3.63) is 92.8 Å². The summed E-state index contributed by atoms with van der Waals surface area (Å²) < 4.78 is 28.8. The summed E-state index contributed by atoms with van der Waals surface area (Å²) in [5.41, 5.74) is 3.37. The molecule has 1 heterocycles. The number of fused-ring (bicyclic) bond motifs is 1. The van der Waals surface area contributed by atoms with E-state index in [4.69, 9.17) is 23.4 Å². The number of hydrogen-bond donors (Lipinski definition) is 0. The van der Waals surface area contributed by atoms with Crippen LogP contribution in [-0.2, 0) is 45.1 Å². The van der Waals surface area contributed by atoms with Gasteiger partial charge in [-0.05, 0) is 77.0 Å². The van der Waals surface area contributed by atoms with Gasteiger partial charge in [0.2, 0.25) is 0 Å². The number of furan rings is 1. The third-order valence-corrected chi connectivity index (χ3v) is 6.35. The van der Waals surface area contributed by atoms with Crippen molar-refractivity contribution in [3.63, 3.8) is 0 Å². The molecule has 7 nitrogen and oxygen atoms in total. The number of ether oxygens (including phenoxy) is 4. The highest BCUT2D eigenvalue weighted by molar-refractivity contribution is 14.1. The monoisotopic (exact) mass is 614 g/mol. The van der Waals surface area contributed by atoms with Gasteiger partial charge in [0.15, 0.2) is 0 Å². The molecular weight excluding hydrogens is 587 g/mol. The van der Waals surface area contributed by atoms with E-state index in [0.717, 1.165) is 31.2 Å². The molecule has 0 aliphatic rings. The fourth-order valence-electron chi connectivity index (χ4n) is 3.83. The van der Waals surface area contributed by atoms with Gasteiger partial charge in [0.05, 0.1) is 30.1 Å². The molecule has 37 heavy (non-hydrogen) atoms. The van der Waals surface area contributed by atoms with E-state index in [1.807, 2.05) is 66.7 Å². The number of hydrogen-bond acceptors (Lipinski definition) is 7. The van der Waals surface area contributed by atoms with Crippen molar-refractivity contribution in [3.8, 4) is 11.5 Å². The molecule has 0 amide bonds. The number of methoxy groups -OCH3 is 1. The molecule has 0 N–H and O–H groups in total. The van der Waals surface area contributed by atoms with Gasteiger partial charge in [-0.25, -0.2) is 0 Å². The van der Waals surface area contributed by atoms with E-state index in [9.17, 15) is 9.59 Å². The zero-order valence-electron chi connectivity index (χ0n) is 20.6. The highest BCUT2D eigenvalue weighted by atomic mass is 127. The van der Waals surface area contributed by atoms with Gasteiger partial charge in [-0.3, -0.25) is 9.59 Å². The minimum absolute atomic E-state index is 0.150. The average molecular weight is 614 g/mol. The molecule has 4 aromatic rings. The molecule has 8 heteroatoms. The van der Waals surface area contributed by atoms with Crippen molar-refractivity contribution in [1.29, 1.82) is 0 Å². The van der Waals surface area contributed by atoms with E-state index in [2.05, 4.69) is 22.6 Å². The van der Waals surface area contributed by atoms with Crippen LogP contribution in [0, 0.1) is 3.57 Å². The number of halogens is 1. The zero-order valence-corrected chi connectivity index (χ0v) is 22.8. The van der Waals surface area contributed by atoms with Gasteiger partial charge in [-0.1, -0.05) is 30.3 Å². The van der Waals surface area contributed by atoms with Crippen LogP contribution in [-0.4, -0.2) is 25.7 Å². The molecule has 0 unspecified atom stereocenters. The first-order chi connectivity index (χ1) is 17.9. The first-order valence-electron chi connectivity index (χ1n) is 11.8. The fourth-order valence-corrected chi connectivity index (χ4v) is 4.66. The van der Waals surface area contributed by atoms with Crippen molar-refractivity contribution < 1.29 is 33.0 Å². The predicted molar refractivity (Wildman–Crippen MR) is 147 cm³/mol. The normalized spacial score (nSPS) is 10.8. The fraction of sp³-hybridized carbons (Fsp3) is 0.241. The Hall–Kier alpha value is -3.53. The van der Waals surface area contributed by atoms with Crippen molar-refractivity contribution in [2.75, 3.05) is 13.7 Å². The molecule has 0 aliphatic carbocycles. The van der Waals surface area contributed by atoms with E-state index in [1.165, 1.54) is 7.11 Å². The second kappa shape index (κ2) is 12.6. The van der Waals surface area contributed by atoms with Crippen LogP contribution in [0.15, 0.2) is 71.1 Å². The van der Waals surface area contributed by atoms with Crippen LogP contribution in [0.1, 0.15) is 29.4 Å². The van der Waals surface area contributed by atoms with Crippen LogP contribution < -0.4 is 9.47 Å². The number of benzene rings is 3. The lowest BCUT2D eigenvalue weighted by atomic mass is 10.1. The molecule has 0 radical (unpaired) electrons. The number of esters is 2. The molecule has 3 aromatic carbocycles. The van der Waals surface area contributed by atoms with Crippen LogP contribution >= 0.6 is 22.6 Å². The molecule has 1 aromatic heterocycles. The highest BCUT2D eigenvalue weighted by Gasteiger charge is 2.13. The van der Waals surface area contributed by atoms with Crippen molar-refractivity contribution >= 4 is 45.5 Å². The van der Waals surface area contributed by atoms with E-state index in [1.54, 1.807) is 6.92 Å². The van der Waals surface area contributed by atoms with E-state index in [0.29, 0.717) is 30.5 Å². The Labute approximate surface area is 228 Å². The second-order valence-corrected chi connectivity index (χ2v) is 9.44. The lowest BCUT2D eigenvalue weighted by Crippen LogP contribution is -2.09. The van der Waals surface area contributed by atoms with E-state index >= 15 is 0 Å². The molecule has 0 bridgehead atoms. The summed E-state index contributed by atoms with van der Waals surface area (Å²) in [5.74, 6) is 1.39. The summed E-state index contributed by atoms with van der Waals surface area (Å²) in [6.07, 6.45) is 0.349. The molecule has 0 atom stereocenters. The maximum Gasteiger partial charge on any atom is 0.310 e. The Bertz CT molecular complexity index is 1390. The van der Waals surface area contributed by atoms with Gasteiger partial charge < -0.3 is 23.4 Å². The van der Waals surface area contributed by atoms with Crippen LogP contribution in [0.4, 0.5) is 0 Å². The largest absolute Gasteiger partial charge is 0.489 e. The van der Waals surface area contributed by atoms with Crippen LogP contribution in [0.2, 0.25) is 0 Å². The molecule has 0 aliphatic heterocycles. The molecule has 4 rings (SSSR count). The summed E-state index contributed by atoms with van der Waals surface area (Å²) in [6, 6.07) is 20.8. The molecule has 0 spiro atoms. The number of carbonyl (C=O) groups excluding carboxylic acids is 2. The van der Waals surface area contributed by atoms with Crippen LogP contribution in [0.5, 0.6) is 11.5 Å². The van der Waals surface area contributed by atoms with Gasteiger partial charge in [0.25, 0.3) is 0 Å². The quantitative estimate of drug-likeness (QED) is 0.151. The molecule has 0 fully saturated rings. The predicted octanol–water partition coefficient (Wildman–Crippen LogP) is 6.02. The first kappa shape index (κ1) is 26.5. The molecular formula is C29H27IO7. The Morgan fingerprint density at radius 1 is 0.865 bits per heavy atom. The second-order valence-electron chi connectivity index (χ2n) is 8.28. The van der Waals surface area contributed by atoms with Gasteiger partial charge in [0, 0.05) is 10.9 Å². The third kappa shape index (κ3) is 7.25. The number of rotatable bonds is 11. The summed E-state index contributed by atoms with van der Waals surface area (Å²) in [5, 5.41) is 0.948. The highest BCUT2D eigenvalue weighted by Crippen LogP contribution is 2.28. The first-order valence-corrected chi connectivity index (χ1v) is 12.9. The summed E-state index contributed by atoms with van der Waals surface area (Å²) in [4.78, 5) is 23.5. The average Bonchev–Trinajstić information content (AvgIpc) is 3.31. The number of carbonyl (C=O) groups is 2. The topological polar surface area (TPSA) is 84.2 Å². The Morgan fingerprint density at radius 3 is 2.51 bits per heavy atom. The maximum absolute atomic E-state index is 11.9. The van der Waals surface area contributed by atoms with Gasteiger partial charge in [-0.15, -0.1) is 0 Å². The standard InChI is InChI=1S/C29H27IO7/c1-3-34-28(32)16-21-8-4-5-10-26(21)36-18-24-15-22-11-20(13-25(30)29(22)37-24)17-35-23-9-6-7-19(12-23)14-27(31)33-2/h4-13,15H,3,14,16-18H2,1-2H3. The SMILES string of the molecule is CCOC(=O)Cc1ccccc1OCc1cc2cc(COc3cccc(CC(=O)OC)c3)cc(I)c2o1. The van der Waals surface area contributed by atoms with E-state index in [-0.39, 0.29) is 31.4 Å². The minimum Gasteiger partial charge on any atom is -0.489 e. The summed E-state index contributed by atoms with van der Waals surface area (Å²) in [6.45, 7) is 2.72. The van der Waals surface area contributed by atoms with Crippen LogP contribution in [0.3, 0.4) is 0 Å². The Balaban J connectivity index is 1.42. The van der Waals surface area contributed by atoms with Gasteiger partial charge >= 0.3 is 11.9 Å². The summed E-state index contributed by atoms with van der Waals surface area (Å²) >= 11 is 2.25. The smallest absolute Gasteiger partial charge is 0.310 e.